The van der Waals surface area contributed by atoms with Crippen molar-refractivity contribution in [2.24, 2.45) is 0 Å². The SMILES string of the molecule is FC(F)(F)CCCNC1(CCl)CCCC1. The maximum Gasteiger partial charge on any atom is 0.389 e. The van der Waals surface area contributed by atoms with Gasteiger partial charge < -0.3 is 5.32 Å². The quantitative estimate of drug-likeness (QED) is 0.576. The number of nitrogens with one attached hydrogen (secondary N) is 1. The molecule has 1 aliphatic carbocycles. The highest BCUT2D eigenvalue weighted by atomic mass is 35.5. The Balaban J connectivity index is 2.18. The molecule has 1 saturated carbocycles. The van der Waals surface area contributed by atoms with Crippen molar-refractivity contribution >= 4 is 11.6 Å². The van der Waals surface area contributed by atoms with Crippen molar-refractivity contribution in [3.63, 3.8) is 0 Å². The molecule has 0 saturated heterocycles. The van der Waals surface area contributed by atoms with Crippen LogP contribution in [0.3, 0.4) is 0 Å². The Morgan fingerprint density at radius 3 is 2.27 bits per heavy atom. The van der Waals surface area contributed by atoms with Crippen LogP contribution in [0.1, 0.15) is 38.5 Å². The summed E-state index contributed by atoms with van der Waals surface area (Å²) in [7, 11) is 0. The van der Waals surface area contributed by atoms with E-state index in [2.05, 4.69) is 5.32 Å². The molecular formula is C10H17ClF3N. The lowest BCUT2D eigenvalue weighted by molar-refractivity contribution is -0.135. The van der Waals surface area contributed by atoms with E-state index in [1.807, 2.05) is 0 Å². The van der Waals surface area contributed by atoms with Crippen LogP contribution < -0.4 is 5.32 Å². The third-order valence-electron chi connectivity index (χ3n) is 2.95. The van der Waals surface area contributed by atoms with Gasteiger partial charge in [0, 0.05) is 17.8 Å². The lowest BCUT2D eigenvalue weighted by Gasteiger charge is -2.28. The van der Waals surface area contributed by atoms with Gasteiger partial charge in [-0.05, 0) is 25.8 Å². The van der Waals surface area contributed by atoms with Crippen molar-refractivity contribution in [1.82, 2.24) is 5.32 Å². The molecule has 1 nitrogen and oxygen atoms in total. The molecule has 90 valence electrons. The van der Waals surface area contributed by atoms with E-state index in [1.165, 1.54) is 0 Å². The normalized spacial score (nSPS) is 20.8. The first-order valence-corrected chi connectivity index (χ1v) is 5.89. The summed E-state index contributed by atoms with van der Waals surface area (Å²) in [4.78, 5) is 0. The minimum atomic E-state index is -4.04. The molecule has 0 aliphatic heterocycles. The standard InChI is InChI=1S/C10H17ClF3N/c11-8-9(4-1-2-5-9)15-7-3-6-10(12,13)14/h15H,1-8H2. The minimum Gasteiger partial charge on any atom is -0.310 e. The topological polar surface area (TPSA) is 12.0 Å². The average Bonchev–Trinajstić information content (AvgIpc) is 2.60. The molecule has 1 aliphatic rings. The monoisotopic (exact) mass is 243 g/mol. The van der Waals surface area contributed by atoms with Crippen LogP contribution in [0.25, 0.3) is 0 Å². The van der Waals surface area contributed by atoms with E-state index in [4.69, 9.17) is 11.6 Å². The summed E-state index contributed by atoms with van der Waals surface area (Å²) in [5.74, 6) is 0.499. The van der Waals surface area contributed by atoms with Gasteiger partial charge in [-0.2, -0.15) is 13.2 Å². The summed E-state index contributed by atoms with van der Waals surface area (Å²) < 4.78 is 35.6. The number of alkyl halides is 4. The first kappa shape index (κ1) is 13.1. The molecule has 5 heteroatoms. The van der Waals surface area contributed by atoms with Crippen LogP contribution in [0.5, 0.6) is 0 Å². The second-order valence-corrected chi connectivity index (χ2v) is 4.53. The van der Waals surface area contributed by atoms with E-state index in [1.54, 1.807) is 0 Å². The molecule has 0 radical (unpaired) electrons. The lowest BCUT2D eigenvalue weighted by Crippen LogP contribution is -2.45. The predicted octanol–water partition coefficient (Wildman–Crippen LogP) is 3.47. The molecule has 1 fully saturated rings. The number of rotatable bonds is 5. The third-order valence-corrected chi connectivity index (χ3v) is 3.47. The molecule has 15 heavy (non-hydrogen) atoms. The fourth-order valence-corrected chi connectivity index (χ4v) is 2.41. The van der Waals surface area contributed by atoms with Crippen molar-refractivity contribution in [1.29, 1.82) is 0 Å². The van der Waals surface area contributed by atoms with E-state index >= 15 is 0 Å². The zero-order valence-corrected chi connectivity index (χ0v) is 9.42. The molecule has 1 rings (SSSR count). The Hall–Kier alpha value is 0.0400. The third kappa shape index (κ3) is 4.60. The predicted molar refractivity (Wildman–Crippen MR) is 55.2 cm³/mol. The highest BCUT2D eigenvalue weighted by Gasteiger charge is 2.32. The Morgan fingerprint density at radius 2 is 1.80 bits per heavy atom. The number of hydrogen-bond donors (Lipinski definition) is 1. The molecule has 0 spiro atoms. The van der Waals surface area contributed by atoms with Crippen LogP contribution in [0, 0.1) is 0 Å². The van der Waals surface area contributed by atoms with Crippen molar-refractivity contribution in [2.45, 2.75) is 50.2 Å². The van der Waals surface area contributed by atoms with Gasteiger partial charge in [-0.25, -0.2) is 0 Å². The van der Waals surface area contributed by atoms with Gasteiger partial charge in [0.1, 0.15) is 0 Å². The van der Waals surface area contributed by atoms with Gasteiger partial charge in [0.05, 0.1) is 0 Å². The van der Waals surface area contributed by atoms with Gasteiger partial charge in [-0.15, -0.1) is 11.6 Å². The Morgan fingerprint density at radius 1 is 1.20 bits per heavy atom. The fraction of sp³-hybridized carbons (Fsp3) is 1.00. The summed E-state index contributed by atoms with van der Waals surface area (Å²) in [6, 6.07) is 0. The summed E-state index contributed by atoms with van der Waals surface area (Å²) in [5, 5.41) is 3.19. The van der Waals surface area contributed by atoms with E-state index < -0.39 is 12.6 Å². The Labute approximate surface area is 93.4 Å². The molecule has 0 aromatic heterocycles. The van der Waals surface area contributed by atoms with Gasteiger partial charge in [-0.1, -0.05) is 12.8 Å². The molecule has 0 amide bonds. The summed E-state index contributed by atoms with van der Waals surface area (Å²) in [6.45, 7) is 0.409. The molecular weight excluding hydrogens is 227 g/mol. The molecule has 0 bridgehead atoms. The van der Waals surface area contributed by atoms with Crippen LogP contribution in [0.2, 0.25) is 0 Å². The molecule has 0 unspecified atom stereocenters. The van der Waals surface area contributed by atoms with E-state index in [0.717, 1.165) is 25.7 Å². The smallest absolute Gasteiger partial charge is 0.310 e. The van der Waals surface area contributed by atoms with Gasteiger partial charge >= 0.3 is 6.18 Å². The molecule has 1 N–H and O–H groups in total. The maximum absolute atomic E-state index is 11.9. The lowest BCUT2D eigenvalue weighted by atomic mass is 10.0. The number of hydrogen-bond acceptors (Lipinski definition) is 1. The zero-order valence-electron chi connectivity index (χ0n) is 8.67. The van der Waals surface area contributed by atoms with Crippen LogP contribution in [0.4, 0.5) is 13.2 Å². The van der Waals surface area contributed by atoms with Gasteiger partial charge in [0.15, 0.2) is 0 Å². The first-order valence-electron chi connectivity index (χ1n) is 5.35. The first-order chi connectivity index (χ1) is 6.97. The second kappa shape index (κ2) is 5.39. The molecule has 0 atom stereocenters. The summed E-state index contributed by atoms with van der Waals surface area (Å²) in [5.41, 5.74) is -0.0901. The van der Waals surface area contributed by atoms with E-state index in [9.17, 15) is 13.2 Å². The van der Waals surface area contributed by atoms with Crippen molar-refractivity contribution in [2.75, 3.05) is 12.4 Å². The highest BCUT2D eigenvalue weighted by molar-refractivity contribution is 6.18. The summed E-state index contributed by atoms with van der Waals surface area (Å²) >= 11 is 5.85. The van der Waals surface area contributed by atoms with Crippen molar-refractivity contribution in [3.05, 3.63) is 0 Å². The van der Waals surface area contributed by atoms with Gasteiger partial charge in [0.25, 0.3) is 0 Å². The zero-order chi connectivity index (χ0) is 11.4. The largest absolute Gasteiger partial charge is 0.389 e. The van der Waals surface area contributed by atoms with Gasteiger partial charge in [0.2, 0.25) is 0 Å². The van der Waals surface area contributed by atoms with Crippen LogP contribution >= 0.6 is 11.6 Å². The fourth-order valence-electron chi connectivity index (χ4n) is 2.05. The second-order valence-electron chi connectivity index (χ2n) is 4.27. The van der Waals surface area contributed by atoms with Crippen LogP contribution in [0.15, 0.2) is 0 Å². The molecule has 0 heterocycles. The van der Waals surface area contributed by atoms with Crippen LogP contribution in [-0.4, -0.2) is 24.1 Å². The minimum absolute atomic E-state index is 0.0901. The van der Waals surface area contributed by atoms with E-state index in [-0.39, 0.29) is 12.0 Å². The van der Waals surface area contributed by atoms with Crippen LogP contribution in [-0.2, 0) is 0 Å². The Kier molecular flexibility index (Phi) is 4.71. The highest BCUT2D eigenvalue weighted by Crippen LogP contribution is 2.30. The number of halogens is 4. The molecule has 0 aromatic carbocycles. The maximum atomic E-state index is 11.9. The van der Waals surface area contributed by atoms with Gasteiger partial charge in [-0.3, -0.25) is 0 Å². The average molecular weight is 244 g/mol. The Bertz CT molecular complexity index is 188. The molecule has 0 aromatic rings. The summed E-state index contributed by atoms with van der Waals surface area (Å²) in [6.07, 6.45) is -0.380. The van der Waals surface area contributed by atoms with E-state index in [0.29, 0.717) is 12.4 Å². The van der Waals surface area contributed by atoms with Crippen molar-refractivity contribution < 1.29 is 13.2 Å². The van der Waals surface area contributed by atoms with Crippen molar-refractivity contribution in [3.8, 4) is 0 Å².